The zero-order chi connectivity index (χ0) is 15.4. The molecule has 0 saturated carbocycles. The van der Waals surface area contributed by atoms with E-state index in [1.165, 1.54) is 0 Å². The second kappa shape index (κ2) is 6.79. The summed E-state index contributed by atoms with van der Waals surface area (Å²) in [6.07, 6.45) is 4.17. The molecule has 6 heteroatoms. The van der Waals surface area contributed by atoms with Gasteiger partial charge < -0.3 is 19.1 Å². The topological polar surface area (TPSA) is 77.6 Å². The van der Waals surface area contributed by atoms with Crippen LogP contribution in [0.2, 0.25) is 0 Å². The molecule has 1 N–H and O–H groups in total. The molecule has 1 aromatic heterocycles. The van der Waals surface area contributed by atoms with Gasteiger partial charge in [0.05, 0.1) is 12.7 Å². The first-order chi connectivity index (χ1) is 10.8. The SMILES string of the molecule is CCOc1cc(-c2noc(CC[C@@H]3CCCO3)n2)ccc1O. The number of aromatic nitrogens is 2. The standard InChI is InChI=1S/C16H20N2O4/c1-2-20-14-10-11(5-7-13(14)19)16-17-15(22-18-16)8-6-12-4-3-9-21-12/h5,7,10,12,19H,2-4,6,8-9H2,1H3/t12-/m0/s1. The molecule has 1 atom stereocenters. The molecule has 0 spiro atoms. The van der Waals surface area contributed by atoms with E-state index in [9.17, 15) is 5.11 Å². The molecule has 1 saturated heterocycles. The van der Waals surface area contributed by atoms with Crippen molar-refractivity contribution in [1.29, 1.82) is 0 Å². The summed E-state index contributed by atoms with van der Waals surface area (Å²) in [5.74, 6) is 1.64. The van der Waals surface area contributed by atoms with E-state index in [-0.39, 0.29) is 5.75 Å². The predicted molar refractivity (Wildman–Crippen MR) is 79.9 cm³/mol. The molecule has 22 heavy (non-hydrogen) atoms. The Hall–Kier alpha value is -2.08. The number of aromatic hydroxyl groups is 1. The molecule has 2 aromatic rings. The second-order valence-corrected chi connectivity index (χ2v) is 5.30. The molecule has 118 valence electrons. The van der Waals surface area contributed by atoms with Gasteiger partial charge in [-0.3, -0.25) is 0 Å². The molecule has 3 rings (SSSR count). The number of phenolic OH excluding ortho intramolecular Hbond substituents is 1. The lowest BCUT2D eigenvalue weighted by molar-refractivity contribution is 0.102. The molecule has 0 amide bonds. The van der Waals surface area contributed by atoms with Crippen LogP contribution in [0.4, 0.5) is 0 Å². The fraction of sp³-hybridized carbons (Fsp3) is 0.500. The summed E-state index contributed by atoms with van der Waals surface area (Å²) in [5.41, 5.74) is 0.758. The number of nitrogens with zero attached hydrogens (tertiary/aromatic N) is 2. The molecule has 0 bridgehead atoms. The summed E-state index contributed by atoms with van der Waals surface area (Å²) < 4.78 is 16.2. The molecule has 0 aliphatic carbocycles. The highest BCUT2D eigenvalue weighted by atomic mass is 16.5. The quantitative estimate of drug-likeness (QED) is 0.884. The van der Waals surface area contributed by atoms with Gasteiger partial charge in [0.15, 0.2) is 11.5 Å². The first-order valence-electron chi connectivity index (χ1n) is 7.66. The van der Waals surface area contributed by atoms with Gasteiger partial charge in [-0.25, -0.2) is 0 Å². The van der Waals surface area contributed by atoms with E-state index in [4.69, 9.17) is 14.0 Å². The summed E-state index contributed by atoms with van der Waals surface area (Å²) in [7, 11) is 0. The number of benzene rings is 1. The smallest absolute Gasteiger partial charge is 0.227 e. The van der Waals surface area contributed by atoms with E-state index in [1.54, 1.807) is 18.2 Å². The molecule has 1 fully saturated rings. The maximum absolute atomic E-state index is 9.72. The first kappa shape index (κ1) is 14.8. The zero-order valence-electron chi connectivity index (χ0n) is 12.6. The normalized spacial score (nSPS) is 17.8. The summed E-state index contributed by atoms with van der Waals surface area (Å²) in [6.45, 7) is 3.20. The third kappa shape index (κ3) is 3.39. The minimum Gasteiger partial charge on any atom is -0.504 e. The van der Waals surface area contributed by atoms with E-state index in [2.05, 4.69) is 10.1 Å². The lowest BCUT2D eigenvalue weighted by Gasteiger charge is -2.06. The van der Waals surface area contributed by atoms with Crippen molar-refractivity contribution in [2.75, 3.05) is 13.2 Å². The molecular weight excluding hydrogens is 284 g/mol. The highest BCUT2D eigenvalue weighted by Gasteiger charge is 2.17. The van der Waals surface area contributed by atoms with Gasteiger partial charge >= 0.3 is 0 Å². The molecule has 1 aliphatic heterocycles. The Labute approximate surface area is 129 Å². The average molecular weight is 304 g/mol. The second-order valence-electron chi connectivity index (χ2n) is 5.30. The Balaban J connectivity index is 1.68. The number of aryl methyl sites for hydroxylation is 1. The minimum atomic E-state index is 0.104. The number of rotatable bonds is 6. The lowest BCUT2D eigenvalue weighted by atomic mass is 10.1. The average Bonchev–Trinajstić information content (AvgIpc) is 3.18. The van der Waals surface area contributed by atoms with Gasteiger partial charge in [-0.2, -0.15) is 4.98 Å². The Morgan fingerprint density at radius 2 is 2.32 bits per heavy atom. The van der Waals surface area contributed by atoms with Crippen molar-refractivity contribution in [2.45, 2.75) is 38.7 Å². The Morgan fingerprint density at radius 1 is 1.41 bits per heavy atom. The fourth-order valence-electron chi connectivity index (χ4n) is 2.55. The van der Waals surface area contributed by atoms with Crippen LogP contribution in [-0.2, 0) is 11.2 Å². The predicted octanol–water partition coefficient (Wildman–Crippen LogP) is 2.95. The van der Waals surface area contributed by atoms with Crippen LogP contribution in [0.1, 0.15) is 32.1 Å². The van der Waals surface area contributed by atoms with Gasteiger partial charge in [-0.05, 0) is 44.4 Å². The first-order valence-corrected chi connectivity index (χ1v) is 7.66. The van der Waals surface area contributed by atoms with Crippen molar-refractivity contribution in [1.82, 2.24) is 10.1 Å². The van der Waals surface area contributed by atoms with Crippen LogP contribution in [0.5, 0.6) is 11.5 Å². The van der Waals surface area contributed by atoms with Crippen molar-refractivity contribution in [2.24, 2.45) is 0 Å². The third-order valence-electron chi connectivity index (χ3n) is 3.69. The molecule has 6 nitrogen and oxygen atoms in total. The van der Waals surface area contributed by atoms with E-state index >= 15 is 0 Å². The van der Waals surface area contributed by atoms with Gasteiger partial charge in [0.2, 0.25) is 11.7 Å². The maximum atomic E-state index is 9.72. The van der Waals surface area contributed by atoms with Crippen LogP contribution in [-0.4, -0.2) is 34.6 Å². The van der Waals surface area contributed by atoms with Crippen molar-refractivity contribution in [3.63, 3.8) is 0 Å². The minimum absolute atomic E-state index is 0.104. The molecular formula is C16H20N2O4. The molecule has 2 heterocycles. The number of hydrogen-bond donors (Lipinski definition) is 1. The van der Waals surface area contributed by atoms with Crippen LogP contribution >= 0.6 is 0 Å². The fourth-order valence-corrected chi connectivity index (χ4v) is 2.55. The lowest BCUT2D eigenvalue weighted by Crippen LogP contribution is -2.06. The Bertz CT molecular complexity index is 620. The van der Waals surface area contributed by atoms with Crippen LogP contribution < -0.4 is 4.74 Å². The van der Waals surface area contributed by atoms with Gasteiger partial charge in [0, 0.05) is 18.6 Å². The summed E-state index contributed by atoms with van der Waals surface area (Å²) in [5, 5.41) is 13.7. The molecule has 0 unspecified atom stereocenters. The molecule has 0 radical (unpaired) electrons. The van der Waals surface area contributed by atoms with Crippen molar-refractivity contribution < 1.29 is 19.1 Å². The largest absolute Gasteiger partial charge is 0.504 e. The summed E-state index contributed by atoms with van der Waals surface area (Å²) >= 11 is 0. The highest BCUT2D eigenvalue weighted by molar-refractivity contribution is 5.60. The van der Waals surface area contributed by atoms with Crippen LogP contribution in [0.15, 0.2) is 22.7 Å². The van der Waals surface area contributed by atoms with Gasteiger partial charge in [-0.1, -0.05) is 5.16 Å². The Kier molecular flexibility index (Phi) is 4.58. The third-order valence-corrected chi connectivity index (χ3v) is 3.69. The van der Waals surface area contributed by atoms with Gasteiger partial charge in [0.25, 0.3) is 0 Å². The van der Waals surface area contributed by atoms with Crippen molar-refractivity contribution in [3.05, 3.63) is 24.1 Å². The number of phenols is 1. The van der Waals surface area contributed by atoms with Gasteiger partial charge in [-0.15, -0.1) is 0 Å². The molecule has 1 aromatic carbocycles. The highest BCUT2D eigenvalue weighted by Crippen LogP contribution is 2.30. The number of hydrogen-bond acceptors (Lipinski definition) is 6. The Morgan fingerprint density at radius 3 is 3.09 bits per heavy atom. The zero-order valence-corrected chi connectivity index (χ0v) is 12.6. The van der Waals surface area contributed by atoms with Crippen LogP contribution in [0.25, 0.3) is 11.4 Å². The van der Waals surface area contributed by atoms with E-state index in [1.807, 2.05) is 6.92 Å². The maximum Gasteiger partial charge on any atom is 0.227 e. The van der Waals surface area contributed by atoms with E-state index in [0.717, 1.165) is 31.4 Å². The van der Waals surface area contributed by atoms with Crippen LogP contribution in [0, 0.1) is 0 Å². The monoisotopic (exact) mass is 304 g/mol. The van der Waals surface area contributed by atoms with Crippen molar-refractivity contribution >= 4 is 0 Å². The van der Waals surface area contributed by atoms with E-state index < -0.39 is 0 Å². The summed E-state index contributed by atoms with van der Waals surface area (Å²) in [6, 6.07) is 5.03. The van der Waals surface area contributed by atoms with Crippen LogP contribution in [0.3, 0.4) is 0 Å². The van der Waals surface area contributed by atoms with E-state index in [0.29, 0.717) is 36.6 Å². The van der Waals surface area contributed by atoms with Gasteiger partial charge in [0.1, 0.15) is 0 Å². The van der Waals surface area contributed by atoms with Crippen molar-refractivity contribution in [3.8, 4) is 22.9 Å². The summed E-state index contributed by atoms with van der Waals surface area (Å²) in [4.78, 5) is 4.40. The number of ether oxygens (including phenoxy) is 2. The molecule has 1 aliphatic rings.